The maximum atomic E-state index is 12.8. The highest BCUT2D eigenvalue weighted by Crippen LogP contribution is 2.44. The minimum absolute atomic E-state index is 0.0214. The van der Waals surface area contributed by atoms with E-state index in [2.05, 4.69) is 0 Å². The number of hydrogen-bond donors (Lipinski definition) is 1. The SMILES string of the molecule is O=C(O)[C@H]1CN(C(=O)c2csc3ccccc23)C[C@@H]1C1CC1. The van der Waals surface area contributed by atoms with Crippen LogP contribution in [0.15, 0.2) is 29.6 Å². The molecule has 0 bridgehead atoms. The molecule has 1 N–H and O–H groups in total. The zero-order valence-corrected chi connectivity index (χ0v) is 12.9. The summed E-state index contributed by atoms with van der Waals surface area (Å²) in [4.78, 5) is 26.0. The van der Waals surface area contributed by atoms with Crippen molar-refractivity contribution in [1.29, 1.82) is 0 Å². The van der Waals surface area contributed by atoms with Crippen molar-refractivity contribution in [2.75, 3.05) is 13.1 Å². The van der Waals surface area contributed by atoms with E-state index in [-0.39, 0.29) is 11.8 Å². The quantitative estimate of drug-likeness (QED) is 0.947. The van der Waals surface area contributed by atoms with Crippen LogP contribution < -0.4 is 0 Å². The van der Waals surface area contributed by atoms with Crippen molar-refractivity contribution in [2.24, 2.45) is 17.8 Å². The van der Waals surface area contributed by atoms with Gasteiger partial charge in [0.25, 0.3) is 5.91 Å². The van der Waals surface area contributed by atoms with Gasteiger partial charge in [-0.2, -0.15) is 0 Å². The molecule has 114 valence electrons. The summed E-state index contributed by atoms with van der Waals surface area (Å²) in [6.07, 6.45) is 2.22. The van der Waals surface area contributed by atoms with Crippen molar-refractivity contribution < 1.29 is 14.7 Å². The highest BCUT2D eigenvalue weighted by molar-refractivity contribution is 7.17. The molecule has 1 aliphatic carbocycles. The fraction of sp³-hybridized carbons (Fsp3) is 0.412. The summed E-state index contributed by atoms with van der Waals surface area (Å²) in [5, 5.41) is 12.3. The molecule has 4 rings (SSSR count). The van der Waals surface area contributed by atoms with Crippen LogP contribution in [0.1, 0.15) is 23.2 Å². The number of carbonyl (C=O) groups is 2. The van der Waals surface area contributed by atoms with Gasteiger partial charge >= 0.3 is 5.97 Å². The van der Waals surface area contributed by atoms with E-state index in [1.165, 1.54) is 0 Å². The van der Waals surface area contributed by atoms with E-state index in [1.54, 1.807) is 16.2 Å². The van der Waals surface area contributed by atoms with E-state index < -0.39 is 11.9 Å². The second-order valence-corrected chi connectivity index (χ2v) is 7.21. The monoisotopic (exact) mass is 315 g/mol. The lowest BCUT2D eigenvalue weighted by Crippen LogP contribution is -2.29. The standard InChI is InChI=1S/C17H17NO3S/c19-16(14-9-22-15-4-2-1-3-11(14)15)18-7-12(10-5-6-10)13(8-18)17(20)21/h1-4,9-10,12-13H,5-8H2,(H,20,21)/t12-,13+/m1/s1. The molecule has 1 amide bonds. The number of nitrogens with zero attached hydrogens (tertiary/aromatic N) is 1. The Bertz CT molecular complexity index is 749. The lowest BCUT2D eigenvalue weighted by atomic mass is 9.92. The first kappa shape index (κ1) is 13.8. The van der Waals surface area contributed by atoms with Crippen LogP contribution in [0.25, 0.3) is 10.1 Å². The van der Waals surface area contributed by atoms with Crippen LogP contribution >= 0.6 is 11.3 Å². The van der Waals surface area contributed by atoms with Crippen LogP contribution in [0.5, 0.6) is 0 Å². The molecule has 2 aromatic rings. The normalized spacial score (nSPS) is 24.8. The predicted molar refractivity (Wildman–Crippen MR) is 85.1 cm³/mol. The molecular formula is C17H17NO3S. The number of likely N-dealkylation sites (tertiary alicyclic amines) is 1. The molecule has 0 spiro atoms. The van der Waals surface area contributed by atoms with E-state index in [0.717, 1.165) is 22.9 Å². The Morgan fingerprint density at radius 3 is 2.68 bits per heavy atom. The van der Waals surface area contributed by atoms with Gasteiger partial charge in [-0.3, -0.25) is 9.59 Å². The third kappa shape index (κ3) is 2.20. The molecule has 2 aliphatic rings. The minimum atomic E-state index is -0.762. The lowest BCUT2D eigenvalue weighted by Gasteiger charge is -2.15. The number of rotatable bonds is 3. The van der Waals surface area contributed by atoms with E-state index >= 15 is 0 Å². The molecule has 2 fully saturated rings. The molecule has 2 atom stereocenters. The Balaban J connectivity index is 1.62. The minimum Gasteiger partial charge on any atom is -0.481 e. The van der Waals surface area contributed by atoms with Crippen molar-refractivity contribution in [1.82, 2.24) is 4.90 Å². The molecule has 0 radical (unpaired) electrons. The molecular weight excluding hydrogens is 298 g/mol. The molecule has 1 aliphatic heterocycles. The van der Waals surface area contributed by atoms with Gasteiger partial charge in [0.2, 0.25) is 0 Å². The smallest absolute Gasteiger partial charge is 0.308 e. The average molecular weight is 315 g/mol. The number of thiophene rings is 1. The first-order valence-electron chi connectivity index (χ1n) is 7.63. The third-order valence-electron chi connectivity index (χ3n) is 4.91. The Hall–Kier alpha value is -1.88. The van der Waals surface area contributed by atoms with Gasteiger partial charge in [-0.1, -0.05) is 18.2 Å². The Labute approximate surface area is 132 Å². The van der Waals surface area contributed by atoms with E-state index in [4.69, 9.17) is 0 Å². The van der Waals surface area contributed by atoms with Gasteiger partial charge < -0.3 is 10.0 Å². The number of fused-ring (bicyclic) bond motifs is 1. The number of aliphatic carboxylic acids is 1. The van der Waals surface area contributed by atoms with E-state index in [1.807, 2.05) is 29.6 Å². The summed E-state index contributed by atoms with van der Waals surface area (Å²) >= 11 is 1.56. The van der Waals surface area contributed by atoms with Gasteiger partial charge in [0, 0.05) is 28.6 Å². The zero-order valence-electron chi connectivity index (χ0n) is 12.1. The number of carboxylic acids is 1. The van der Waals surface area contributed by atoms with Crippen molar-refractivity contribution in [3.63, 3.8) is 0 Å². The van der Waals surface area contributed by atoms with Crippen molar-refractivity contribution in [2.45, 2.75) is 12.8 Å². The zero-order chi connectivity index (χ0) is 15.3. The van der Waals surface area contributed by atoms with Gasteiger partial charge in [-0.15, -0.1) is 11.3 Å². The van der Waals surface area contributed by atoms with Gasteiger partial charge in [0.15, 0.2) is 0 Å². The molecule has 0 unspecified atom stereocenters. The molecule has 1 aromatic carbocycles. The predicted octanol–water partition coefficient (Wildman–Crippen LogP) is 3.08. The summed E-state index contributed by atoms with van der Waals surface area (Å²) in [7, 11) is 0. The summed E-state index contributed by atoms with van der Waals surface area (Å²) < 4.78 is 1.10. The molecule has 1 saturated carbocycles. The van der Waals surface area contributed by atoms with Crippen molar-refractivity contribution >= 4 is 33.3 Å². The Morgan fingerprint density at radius 2 is 1.95 bits per heavy atom. The molecule has 4 nitrogen and oxygen atoms in total. The number of hydrogen-bond acceptors (Lipinski definition) is 3. The fourth-order valence-electron chi connectivity index (χ4n) is 3.57. The second-order valence-electron chi connectivity index (χ2n) is 6.30. The first-order chi connectivity index (χ1) is 10.6. The molecule has 5 heteroatoms. The largest absolute Gasteiger partial charge is 0.481 e. The topological polar surface area (TPSA) is 57.6 Å². The van der Waals surface area contributed by atoms with Crippen LogP contribution in [0.3, 0.4) is 0 Å². The fourth-order valence-corrected chi connectivity index (χ4v) is 4.51. The van der Waals surface area contributed by atoms with Gasteiger partial charge in [-0.25, -0.2) is 0 Å². The van der Waals surface area contributed by atoms with Gasteiger partial charge in [0.05, 0.1) is 11.5 Å². The number of carboxylic acid groups (broad SMARTS) is 1. The van der Waals surface area contributed by atoms with Gasteiger partial charge in [-0.05, 0) is 30.7 Å². The van der Waals surface area contributed by atoms with Crippen molar-refractivity contribution in [3.8, 4) is 0 Å². The lowest BCUT2D eigenvalue weighted by molar-refractivity contribution is -0.142. The van der Waals surface area contributed by atoms with Crippen LogP contribution in [0.4, 0.5) is 0 Å². The van der Waals surface area contributed by atoms with Gasteiger partial charge in [0.1, 0.15) is 0 Å². The maximum absolute atomic E-state index is 12.8. The summed E-state index contributed by atoms with van der Waals surface area (Å²) in [5.74, 6) is -0.556. The number of benzene rings is 1. The third-order valence-corrected chi connectivity index (χ3v) is 5.87. The number of carbonyl (C=O) groups excluding carboxylic acids is 1. The Morgan fingerprint density at radius 1 is 1.18 bits per heavy atom. The molecule has 1 saturated heterocycles. The summed E-state index contributed by atoms with van der Waals surface area (Å²) in [5.41, 5.74) is 0.709. The van der Waals surface area contributed by atoms with E-state index in [9.17, 15) is 14.7 Å². The van der Waals surface area contributed by atoms with Crippen LogP contribution in [0, 0.1) is 17.8 Å². The molecule has 22 heavy (non-hydrogen) atoms. The van der Waals surface area contributed by atoms with Crippen molar-refractivity contribution in [3.05, 3.63) is 35.2 Å². The highest BCUT2D eigenvalue weighted by atomic mass is 32.1. The molecule has 2 heterocycles. The highest BCUT2D eigenvalue weighted by Gasteiger charge is 2.47. The van der Waals surface area contributed by atoms with Crippen LogP contribution in [-0.2, 0) is 4.79 Å². The summed E-state index contributed by atoms with van der Waals surface area (Å²) in [6, 6.07) is 7.87. The molecule has 1 aromatic heterocycles. The maximum Gasteiger partial charge on any atom is 0.308 e. The number of amides is 1. The first-order valence-corrected chi connectivity index (χ1v) is 8.51. The average Bonchev–Trinajstić information content (AvgIpc) is 3.12. The van der Waals surface area contributed by atoms with E-state index in [0.29, 0.717) is 24.6 Å². The Kier molecular flexibility index (Phi) is 3.18. The second kappa shape index (κ2) is 5.09. The van der Waals surface area contributed by atoms with Crippen LogP contribution in [-0.4, -0.2) is 35.0 Å². The van der Waals surface area contributed by atoms with Crippen LogP contribution in [0.2, 0.25) is 0 Å². The summed E-state index contributed by atoms with van der Waals surface area (Å²) in [6.45, 7) is 0.935.